The molecule has 0 bridgehead atoms. The minimum Gasteiger partial charge on any atom is -0.369 e. The Labute approximate surface area is 106 Å². The van der Waals surface area contributed by atoms with E-state index in [1.54, 1.807) is 0 Å². The zero-order valence-corrected chi connectivity index (χ0v) is 10.1. The second-order valence-corrected chi connectivity index (χ2v) is 4.43. The first-order chi connectivity index (χ1) is 8.88. The van der Waals surface area contributed by atoms with Crippen LogP contribution in [0.1, 0.15) is 23.5 Å². The molecule has 0 fully saturated rings. The number of rotatable bonds is 2. The van der Waals surface area contributed by atoms with Gasteiger partial charge in [0, 0.05) is 19.5 Å². The number of imidazole rings is 1. The Morgan fingerprint density at radius 3 is 2.94 bits per heavy atom. The summed E-state index contributed by atoms with van der Waals surface area (Å²) in [7, 11) is 0. The van der Waals surface area contributed by atoms with Gasteiger partial charge in [0.2, 0.25) is 0 Å². The van der Waals surface area contributed by atoms with Crippen LogP contribution in [0, 0.1) is 11.3 Å². The monoisotopic (exact) mass is 238 g/mol. The molecular formula is C14H14N4. The van der Waals surface area contributed by atoms with Gasteiger partial charge in [0.25, 0.3) is 0 Å². The molecule has 1 aromatic carbocycles. The first-order valence-corrected chi connectivity index (χ1v) is 6.16. The molecule has 0 atom stereocenters. The Kier molecular flexibility index (Phi) is 2.73. The summed E-state index contributed by atoms with van der Waals surface area (Å²) in [5.74, 6) is 1.86. The van der Waals surface area contributed by atoms with E-state index in [9.17, 15) is 0 Å². The summed E-state index contributed by atoms with van der Waals surface area (Å²) < 4.78 is 2.13. The van der Waals surface area contributed by atoms with E-state index in [-0.39, 0.29) is 0 Å². The summed E-state index contributed by atoms with van der Waals surface area (Å²) in [6.07, 6.45) is 1.85. The topological polar surface area (TPSA) is 53.6 Å². The Morgan fingerprint density at radius 1 is 1.33 bits per heavy atom. The number of nitrogens with one attached hydrogen (secondary N) is 1. The van der Waals surface area contributed by atoms with Crippen LogP contribution in [0.25, 0.3) is 0 Å². The lowest BCUT2D eigenvalue weighted by Crippen LogP contribution is -2.18. The number of fused-ring (bicyclic) bond motifs is 1. The van der Waals surface area contributed by atoms with Crippen molar-refractivity contribution in [2.75, 3.05) is 11.9 Å². The number of hydrogen-bond acceptors (Lipinski definition) is 3. The van der Waals surface area contributed by atoms with Crippen LogP contribution in [0.15, 0.2) is 30.3 Å². The molecule has 0 saturated heterocycles. The molecule has 0 unspecified atom stereocenters. The largest absolute Gasteiger partial charge is 0.369 e. The van der Waals surface area contributed by atoms with Crippen LogP contribution in [0.2, 0.25) is 0 Å². The third kappa shape index (κ3) is 1.84. The normalized spacial score (nSPS) is 13.5. The van der Waals surface area contributed by atoms with Gasteiger partial charge < -0.3 is 9.88 Å². The minimum absolute atomic E-state index is 0.514. The second kappa shape index (κ2) is 4.53. The van der Waals surface area contributed by atoms with Crippen molar-refractivity contribution in [3.8, 4) is 6.07 Å². The third-order valence-corrected chi connectivity index (χ3v) is 3.21. The summed E-state index contributed by atoms with van der Waals surface area (Å²) >= 11 is 0. The number of nitriles is 1. The van der Waals surface area contributed by atoms with Crippen molar-refractivity contribution in [1.82, 2.24) is 9.55 Å². The van der Waals surface area contributed by atoms with Gasteiger partial charge in [-0.05, 0) is 12.0 Å². The number of nitrogens with zero attached hydrogens (tertiary/aromatic N) is 3. The highest BCUT2D eigenvalue weighted by atomic mass is 15.2. The Bertz CT molecular complexity index is 592. The third-order valence-electron chi connectivity index (χ3n) is 3.21. The molecule has 0 aliphatic carbocycles. The highest BCUT2D eigenvalue weighted by molar-refractivity contribution is 5.51. The minimum atomic E-state index is 0.514. The maximum absolute atomic E-state index is 9.11. The molecule has 1 aromatic heterocycles. The van der Waals surface area contributed by atoms with Crippen molar-refractivity contribution in [2.45, 2.75) is 19.4 Å². The average Bonchev–Trinajstić information content (AvgIpc) is 2.78. The SMILES string of the molecule is N#Cc1nc(Cc2ccccc2)n2c1NCCC2. The fraction of sp³-hybridized carbons (Fsp3) is 0.286. The molecule has 2 heterocycles. The molecule has 0 saturated carbocycles. The van der Waals surface area contributed by atoms with Crippen molar-refractivity contribution >= 4 is 5.82 Å². The van der Waals surface area contributed by atoms with Crippen molar-refractivity contribution in [3.05, 3.63) is 47.4 Å². The van der Waals surface area contributed by atoms with Gasteiger partial charge in [0.1, 0.15) is 17.7 Å². The van der Waals surface area contributed by atoms with Crippen molar-refractivity contribution in [1.29, 1.82) is 5.26 Å². The first kappa shape index (κ1) is 10.8. The molecule has 90 valence electrons. The van der Waals surface area contributed by atoms with E-state index in [0.717, 1.165) is 37.6 Å². The summed E-state index contributed by atoms with van der Waals surface area (Å²) in [5, 5.41) is 12.4. The quantitative estimate of drug-likeness (QED) is 0.872. The number of hydrogen-bond donors (Lipinski definition) is 1. The predicted molar refractivity (Wildman–Crippen MR) is 69.3 cm³/mol. The molecule has 1 aliphatic heterocycles. The lowest BCUT2D eigenvalue weighted by atomic mass is 10.1. The van der Waals surface area contributed by atoms with Gasteiger partial charge in [0.15, 0.2) is 5.69 Å². The van der Waals surface area contributed by atoms with Crippen molar-refractivity contribution < 1.29 is 0 Å². The first-order valence-electron chi connectivity index (χ1n) is 6.16. The summed E-state index contributed by atoms with van der Waals surface area (Å²) in [6, 6.07) is 12.4. The zero-order valence-electron chi connectivity index (χ0n) is 10.1. The maximum Gasteiger partial charge on any atom is 0.183 e. The Morgan fingerprint density at radius 2 is 2.17 bits per heavy atom. The zero-order chi connectivity index (χ0) is 12.4. The fourth-order valence-electron chi connectivity index (χ4n) is 2.35. The molecule has 3 rings (SSSR count). The van der Waals surface area contributed by atoms with Gasteiger partial charge in [-0.2, -0.15) is 5.26 Å². The smallest absolute Gasteiger partial charge is 0.183 e. The standard InChI is InChI=1S/C14H14N4/c15-10-12-14-16-7-4-8-18(14)13(17-12)9-11-5-2-1-3-6-11/h1-3,5-6,16H,4,7-9H2. The lowest BCUT2D eigenvalue weighted by Gasteiger charge is -2.18. The van der Waals surface area contributed by atoms with E-state index >= 15 is 0 Å². The van der Waals surface area contributed by atoms with E-state index in [4.69, 9.17) is 5.26 Å². The van der Waals surface area contributed by atoms with Crippen LogP contribution in [-0.2, 0) is 13.0 Å². The highest BCUT2D eigenvalue weighted by Crippen LogP contribution is 2.23. The van der Waals surface area contributed by atoms with E-state index in [2.05, 4.69) is 33.1 Å². The maximum atomic E-state index is 9.11. The van der Waals surface area contributed by atoms with E-state index in [1.165, 1.54) is 5.56 Å². The van der Waals surface area contributed by atoms with Crippen LogP contribution >= 0.6 is 0 Å². The predicted octanol–water partition coefficient (Wildman–Crippen LogP) is 2.16. The fourth-order valence-corrected chi connectivity index (χ4v) is 2.35. The van der Waals surface area contributed by atoms with E-state index in [0.29, 0.717) is 5.69 Å². The van der Waals surface area contributed by atoms with Gasteiger partial charge in [-0.25, -0.2) is 4.98 Å². The molecule has 4 nitrogen and oxygen atoms in total. The second-order valence-electron chi connectivity index (χ2n) is 4.43. The molecule has 1 aliphatic rings. The highest BCUT2D eigenvalue weighted by Gasteiger charge is 2.19. The molecular weight excluding hydrogens is 224 g/mol. The molecule has 0 radical (unpaired) electrons. The summed E-state index contributed by atoms with van der Waals surface area (Å²) in [4.78, 5) is 4.44. The average molecular weight is 238 g/mol. The molecule has 1 N–H and O–H groups in total. The molecule has 2 aromatic rings. The summed E-state index contributed by atoms with van der Waals surface area (Å²) in [6.45, 7) is 1.87. The van der Waals surface area contributed by atoms with Crippen molar-refractivity contribution in [3.63, 3.8) is 0 Å². The summed E-state index contributed by atoms with van der Waals surface area (Å²) in [5.41, 5.74) is 1.74. The van der Waals surface area contributed by atoms with Crippen LogP contribution in [0.5, 0.6) is 0 Å². The Balaban J connectivity index is 1.98. The van der Waals surface area contributed by atoms with E-state index in [1.807, 2.05) is 18.2 Å². The van der Waals surface area contributed by atoms with Crippen LogP contribution in [-0.4, -0.2) is 16.1 Å². The van der Waals surface area contributed by atoms with Gasteiger partial charge in [-0.3, -0.25) is 0 Å². The number of aromatic nitrogens is 2. The van der Waals surface area contributed by atoms with E-state index < -0.39 is 0 Å². The van der Waals surface area contributed by atoms with Gasteiger partial charge in [-0.1, -0.05) is 30.3 Å². The lowest BCUT2D eigenvalue weighted by molar-refractivity contribution is 0.606. The molecule has 4 heteroatoms. The Hall–Kier alpha value is -2.28. The van der Waals surface area contributed by atoms with Crippen molar-refractivity contribution in [2.24, 2.45) is 0 Å². The molecule has 0 amide bonds. The van der Waals surface area contributed by atoms with Crippen LogP contribution < -0.4 is 5.32 Å². The van der Waals surface area contributed by atoms with Gasteiger partial charge >= 0.3 is 0 Å². The molecule has 18 heavy (non-hydrogen) atoms. The molecule has 0 spiro atoms. The number of anilines is 1. The van der Waals surface area contributed by atoms with Gasteiger partial charge in [0.05, 0.1) is 0 Å². The van der Waals surface area contributed by atoms with Gasteiger partial charge in [-0.15, -0.1) is 0 Å². The van der Waals surface area contributed by atoms with Crippen LogP contribution in [0.4, 0.5) is 5.82 Å². The van der Waals surface area contributed by atoms with Crippen LogP contribution in [0.3, 0.4) is 0 Å². The number of benzene rings is 1.